The number of carbonyl (C=O) groups is 1. The van der Waals surface area contributed by atoms with E-state index < -0.39 is 5.54 Å². The number of hydrogen-bond donors (Lipinski definition) is 2. The molecule has 1 saturated heterocycles. The quantitative estimate of drug-likeness (QED) is 0.898. The number of carbonyl (C=O) groups excluding carboxylic acids is 1. The van der Waals surface area contributed by atoms with Crippen LogP contribution in [0.3, 0.4) is 0 Å². The molecule has 1 amide bonds. The molecule has 1 aliphatic heterocycles. The summed E-state index contributed by atoms with van der Waals surface area (Å²) in [7, 11) is 0. The molecule has 5 heteroatoms. The minimum Gasteiger partial charge on any atom is -0.381 e. The Hall–Kier alpha value is -1.46. The first-order valence-corrected chi connectivity index (χ1v) is 8.00. The van der Waals surface area contributed by atoms with Crippen molar-refractivity contribution in [3.8, 4) is 0 Å². The molecule has 1 aromatic carbocycles. The third kappa shape index (κ3) is 3.15. The van der Waals surface area contributed by atoms with Crippen molar-refractivity contribution in [3.63, 3.8) is 0 Å². The van der Waals surface area contributed by atoms with Crippen molar-refractivity contribution < 1.29 is 13.9 Å². The van der Waals surface area contributed by atoms with Crippen molar-refractivity contribution in [2.75, 3.05) is 13.2 Å². The highest BCUT2D eigenvalue weighted by Crippen LogP contribution is 2.34. The van der Waals surface area contributed by atoms with Crippen LogP contribution < -0.4 is 11.1 Å². The Morgan fingerprint density at radius 3 is 2.73 bits per heavy atom. The monoisotopic (exact) mass is 306 g/mol. The Morgan fingerprint density at radius 1 is 1.32 bits per heavy atom. The van der Waals surface area contributed by atoms with Crippen LogP contribution in [0.5, 0.6) is 0 Å². The molecule has 2 unspecified atom stereocenters. The van der Waals surface area contributed by atoms with E-state index in [9.17, 15) is 9.18 Å². The minimum atomic E-state index is -0.524. The average molecular weight is 306 g/mol. The average Bonchev–Trinajstić information content (AvgIpc) is 2.95. The van der Waals surface area contributed by atoms with Gasteiger partial charge in [-0.05, 0) is 49.8 Å². The number of nitrogens with one attached hydrogen (secondary N) is 1. The van der Waals surface area contributed by atoms with E-state index in [1.807, 2.05) is 6.07 Å². The fourth-order valence-electron chi connectivity index (χ4n) is 3.58. The van der Waals surface area contributed by atoms with E-state index in [0.29, 0.717) is 26.1 Å². The van der Waals surface area contributed by atoms with E-state index >= 15 is 0 Å². The van der Waals surface area contributed by atoms with Gasteiger partial charge in [-0.2, -0.15) is 0 Å². The number of hydrogen-bond acceptors (Lipinski definition) is 3. The Labute approximate surface area is 130 Å². The van der Waals surface area contributed by atoms with Gasteiger partial charge in [0.2, 0.25) is 5.91 Å². The third-order valence-corrected chi connectivity index (χ3v) is 4.93. The van der Waals surface area contributed by atoms with E-state index in [2.05, 4.69) is 5.32 Å². The van der Waals surface area contributed by atoms with Crippen molar-refractivity contribution >= 4 is 5.91 Å². The Morgan fingerprint density at radius 2 is 2.09 bits per heavy atom. The summed E-state index contributed by atoms with van der Waals surface area (Å²) in [6.45, 7) is 1.14. The van der Waals surface area contributed by atoms with Crippen LogP contribution in [0.15, 0.2) is 24.3 Å². The highest BCUT2D eigenvalue weighted by Gasteiger charge is 2.39. The first kappa shape index (κ1) is 15.4. The van der Waals surface area contributed by atoms with Gasteiger partial charge < -0.3 is 15.8 Å². The molecule has 0 spiro atoms. The maximum Gasteiger partial charge on any atom is 0.223 e. The van der Waals surface area contributed by atoms with Gasteiger partial charge in [0, 0.05) is 25.2 Å². The van der Waals surface area contributed by atoms with Gasteiger partial charge in [-0.3, -0.25) is 4.79 Å². The van der Waals surface area contributed by atoms with Crippen LogP contribution in [0.4, 0.5) is 4.39 Å². The summed E-state index contributed by atoms with van der Waals surface area (Å²) < 4.78 is 19.1. The molecule has 0 radical (unpaired) electrons. The van der Waals surface area contributed by atoms with Crippen molar-refractivity contribution in [1.29, 1.82) is 0 Å². The molecule has 2 aliphatic rings. The molecule has 3 N–H and O–H groups in total. The lowest BCUT2D eigenvalue weighted by Gasteiger charge is -2.39. The highest BCUT2D eigenvalue weighted by molar-refractivity contribution is 5.80. The molecule has 120 valence electrons. The van der Waals surface area contributed by atoms with Gasteiger partial charge >= 0.3 is 0 Å². The maximum atomic E-state index is 13.6. The van der Waals surface area contributed by atoms with Gasteiger partial charge in [0.25, 0.3) is 0 Å². The van der Waals surface area contributed by atoms with Crippen molar-refractivity contribution in [1.82, 2.24) is 5.32 Å². The lowest BCUT2D eigenvalue weighted by molar-refractivity contribution is -0.128. The first-order chi connectivity index (χ1) is 10.6. The van der Waals surface area contributed by atoms with E-state index in [0.717, 1.165) is 24.8 Å². The standard InChI is InChI=1S/C17H23FN2O2/c18-14-3-1-2-13(11-14)17(6-8-22-9-7-17)20-16(21)12-4-5-15(19)10-12/h1-3,11-12,15H,4-10,19H2,(H,20,21). The molecular formula is C17H23FN2O2. The van der Waals surface area contributed by atoms with Crippen LogP contribution in [0.25, 0.3) is 0 Å². The van der Waals surface area contributed by atoms with Gasteiger partial charge in [-0.25, -0.2) is 4.39 Å². The normalized spacial score (nSPS) is 27.5. The van der Waals surface area contributed by atoms with Crippen LogP contribution in [0.1, 0.15) is 37.7 Å². The predicted molar refractivity (Wildman–Crippen MR) is 81.6 cm³/mol. The molecular weight excluding hydrogens is 283 g/mol. The smallest absolute Gasteiger partial charge is 0.223 e. The van der Waals surface area contributed by atoms with E-state index in [-0.39, 0.29) is 23.7 Å². The number of amides is 1. The molecule has 0 bridgehead atoms. The fraction of sp³-hybridized carbons (Fsp3) is 0.588. The molecule has 4 nitrogen and oxygen atoms in total. The molecule has 2 atom stereocenters. The van der Waals surface area contributed by atoms with Crippen molar-refractivity contribution in [3.05, 3.63) is 35.6 Å². The van der Waals surface area contributed by atoms with Gasteiger partial charge in [0.05, 0.1) is 5.54 Å². The van der Waals surface area contributed by atoms with E-state index in [1.54, 1.807) is 6.07 Å². The largest absolute Gasteiger partial charge is 0.381 e. The fourth-order valence-corrected chi connectivity index (χ4v) is 3.58. The first-order valence-electron chi connectivity index (χ1n) is 8.00. The van der Waals surface area contributed by atoms with Crippen molar-refractivity contribution in [2.24, 2.45) is 11.7 Å². The molecule has 1 aliphatic carbocycles. The van der Waals surface area contributed by atoms with Crippen LogP contribution in [-0.2, 0) is 15.1 Å². The summed E-state index contributed by atoms with van der Waals surface area (Å²) in [5, 5.41) is 3.20. The summed E-state index contributed by atoms with van der Waals surface area (Å²) in [6.07, 6.45) is 3.81. The minimum absolute atomic E-state index is 0.0247. The number of halogens is 1. The Kier molecular flexibility index (Phi) is 4.45. The lowest BCUT2D eigenvalue weighted by Crippen LogP contribution is -2.51. The van der Waals surface area contributed by atoms with Crippen LogP contribution in [0.2, 0.25) is 0 Å². The van der Waals surface area contributed by atoms with E-state index in [1.165, 1.54) is 12.1 Å². The second-order valence-electron chi connectivity index (χ2n) is 6.46. The third-order valence-electron chi connectivity index (χ3n) is 4.93. The maximum absolute atomic E-state index is 13.6. The zero-order valence-electron chi connectivity index (χ0n) is 12.7. The number of benzene rings is 1. The molecule has 22 heavy (non-hydrogen) atoms. The van der Waals surface area contributed by atoms with Gasteiger partial charge in [0.15, 0.2) is 0 Å². The zero-order valence-corrected chi connectivity index (χ0v) is 12.7. The van der Waals surface area contributed by atoms with E-state index in [4.69, 9.17) is 10.5 Å². The van der Waals surface area contributed by atoms with Crippen LogP contribution >= 0.6 is 0 Å². The highest BCUT2D eigenvalue weighted by atomic mass is 19.1. The van der Waals surface area contributed by atoms with Gasteiger partial charge in [-0.15, -0.1) is 0 Å². The molecule has 2 fully saturated rings. The van der Waals surface area contributed by atoms with Gasteiger partial charge in [0.1, 0.15) is 5.82 Å². The number of rotatable bonds is 3. The Bertz CT molecular complexity index is 543. The topological polar surface area (TPSA) is 64.4 Å². The summed E-state index contributed by atoms with van der Waals surface area (Å²) >= 11 is 0. The van der Waals surface area contributed by atoms with Crippen LogP contribution in [0, 0.1) is 11.7 Å². The molecule has 1 aromatic rings. The zero-order chi connectivity index (χ0) is 15.6. The van der Waals surface area contributed by atoms with Gasteiger partial charge in [-0.1, -0.05) is 12.1 Å². The number of nitrogens with two attached hydrogens (primary N) is 1. The van der Waals surface area contributed by atoms with Crippen molar-refractivity contribution in [2.45, 2.75) is 43.7 Å². The summed E-state index contributed by atoms with van der Waals surface area (Å²) in [5.74, 6) is -0.261. The molecule has 3 rings (SSSR count). The predicted octanol–water partition coefficient (Wildman–Crippen LogP) is 2.07. The molecule has 0 aromatic heterocycles. The number of ether oxygens (including phenoxy) is 1. The summed E-state index contributed by atoms with van der Waals surface area (Å²) in [4.78, 5) is 12.6. The molecule has 1 saturated carbocycles. The SMILES string of the molecule is NC1CCC(C(=O)NC2(c3cccc(F)c3)CCOCC2)C1. The second-order valence-corrected chi connectivity index (χ2v) is 6.46. The summed E-state index contributed by atoms with van der Waals surface area (Å²) in [5.41, 5.74) is 6.21. The van der Waals surface area contributed by atoms with Crippen LogP contribution in [-0.4, -0.2) is 25.2 Å². The second kappa shape index (κ2) is 6.34. The summed E-state index contributed by atoms with van der Waals surface area (Å²) in [6, 6.07) is 6.64. The Balaban J connectivity index is 1.82. The lowest BCUT2D eigenvalue weighted by atomic mass is 9.82. The molecule has 1 heterocycles.